The predicted molar refractivity (Wildman–Crippen MR) is 106 cm³/mol. The second-order valence-electron chi connectivity index (χ2n) is 7.21. The van der Waals surface area contributed by atoms with Crippen molar-refractivity contribution in [2.75, 3.05) is 24.5 Å². The Hall–Kier alpha value is -3.15. The Morgan fingerprint density at radius 2 is 1.68 bits per heavy atom. The molecule has 0 spiro atoms. The highest BCUT2D eigenvalue weighted by molar-refractivity contribution is 5.98. The highest BCUT2D eigenvalue weighted by atomic mass is 16.2. The molecule has 1 N–H and O–H groups in total. The average Bonchev–Trinajstić information content (AvgIpc) is 3.17. The zero-order valence-electron chi connectivity index (χ0n) is 15.7. The van der Waals surface area contributed by atoms with Gasteiger partial charge >= 0.3 is 0 Å². The third-order valence-corrected chi connectivity index (χ3v) is 5.40. The molecule has 0 bridgehead atoms. The van der Waals surface area contributed by atoms with Crippen molar-refractivity contribution in [3.05, 3.63) is 65.2 Å². The van der Waals surface area contributed by atoms with Gasteiger partial charge in [-0.05, 0) is 48.2 Å². The van der Waals surface area contributed by atoms with Crippen molar-refractivity contribution >= 4 is 23.4 Å². The highest BCUT2D eigenvalue weighted by Gasteiger charge is 2.22. The Kier molecular flexibility index (Phi) is 5.10. The maximum Gasteiger partial charge on any atom is 0.251 e. The first-order chi connectivity index (χ1) is 13.6. The van der Waals surface area contributed by atoms with E-state index in [9.17, 15) is 14.4 Å². The molecule has 2 aliphatic heterocycles. The van der Waals surface area contributed by atoms with Crippen molar-refractivity contribution in [2.45, 2.75) is 25.8 Å². The number of rotatable bonds is 4. The van der Waals surface area contributed by atoms with Crippen LogP contribution in [0.1, 0.15) is 34.3 Å². The van der Waals surface area contributed by atoms with E-state index in [1.807, 2.05) is 18.2 Å². The van der Waals surface area contributed by atoms with Crippen LogP contribution < -0.4 is 10.2 Å². The second-order valence-corrected chi connectivity index (χ2v) is 7.21. The molecule has 2 aromatic carbocycles. The number of amides is 3. The molecule has 0 unspecified atom stereocenters. The minimum Gasteiger partial charge on any atom is -0.343 e. The van der Waals surface area contributed by atoms with Gasteiger partial charge in [0.2, 0.25) is 11.8 Å². The molecule has 2 aliphatic rings. The van der Waals surface area contributed by atoms with E-state index in [0.717, 1.165) is 25.1 Å². The molecule has 2 heterocycles. The molecule has 2 aromatic rings. The number of fused-ring (bicyclic) bond motifs is 1. The Bertz CT molecular complexity index is 907. The molecular weight excluding hydrogens is 354 g/mol. The van der Waals surface area contributed by atoms with Gasteiger partial charge in [-0.1, -0.05) is 24.3 Å². The summed E-state index contributed by atoms with van der Waals surface area (Å²) in [7, 11) is 0. The summed E-state index contributed by atoms with van der Waals surface area (Å²) in [4.78, 5) is 40.2. The molecule has 6 nitrogen and oxygen atoms in total. The lowest BCUT2D eigenvalue weighted by atomic mass is 10.00. The van der Waals surface area contributed by atoms with Crippen LogP contribution in [-0.2, 0) is 22.6 Å². The molecule has 0 aliphatic carbocycles. The van der Waals surface area contributed by atoms with E-state index in [1.165, 1.54) is 11.1 Å². The monoisotopic (exact) mass is 377 g/mol. The molecule has 4 rings (SSSR count). The van der Waals surface area contributed by atoms with Crippen LogP contribution in [0.2, 0.25) is 0 Å². The van der Waals surface area contributed by atoms with E-state index in [1.54, 1.807) is 34.1 Å². The first-order valence-electron chi connectivity index (χ1n) is 9.65. The minimum absolute atomic E-state index is 0.0205. The molecule has 0 atom stereocenters. The van der Waals surface area contributed by atoms with Gasteiger partial charge in [0.05, 0.1) is 6.54 Å². The molecule has 1 saturated heterocycles. The fourth-order valence-corrected chi connectivity index (χ4v) is 3.79. The van der Waals surface area contributed by atoms with E-state index >= 15 is 0 Å². The normalized spacial score (nSPS) is 16.1. The van der Waals surface area contributed by atoms with E-state index in [4.69, 9.17) is 0 Å². The number of carbonyl (C=O) groups is 3. The van der Waals surface area contributed by atoms with Gasteiger partial charge in [0, 0.05) is 37.3 Å². The van der Waals surface area contributed by atoms with Crippen molar-refractivity contribution in [1.29, 1.82) is 0 Å². The molecule has 6 heteroatoms. The van der Waals surface area contributed by atoms with Gasteiger partial charge in [-0.2, -0.15) is 0 Å². The Labute approximate surface area is 164 Å². The van der Waals surface area contributed by atoms with Crippen LogP contribution in [0, 0.1) is 0 Å². The summed E-state index contributed by atoms with van der Waals surface area (Å²) in [5.74, 6) is -0.252. The second kappa shape index (κ2) is 7.84. The van der Waals surface area contributed by atoms with Crippen molar-refractivity contribution in [1.82, 2.24) is 10.2 Å². The predicted octanol–water partition coefficient (Wildman–Crippen LogP) is 2.13. The third-order valence-electron chi connectivity index (χ3n) is 5.40. The number of carbonyl (C=O) groups excluding carboxylic acids is 3. The molecule has 0 saturated carbocycles. The summed E-state index contributed by atoms with van der Waals surface area (Å²) in [5.41, 5.74) is 3.74. The fourth-order valence-electron chi connectivity index (χ4n) is 3.79. The van der Waals surface area contributed by atoms with Gasteiger partial charge in [-0.25, -0.2) is 0 Å². The van der Waals surface area contributed by atoms with E-state index in [0.29, 0.717) is 25.1 Å². The number of hydrogen-bond acceptors (Lipinski definition) is 3. The van der Waals surface area contributed by atoms with Gasteiger partial charge in [0.15, 0.2) is 0 Å². The Morgan fingerprint density at radius 3 is 2.39 bits per heavy atom. The van der Waals surface area contributed by atoms with Crippen molar-refractivity contribution in [3.8, 4) is 0 Å². The summed E-state index contributed by atoms with van der Waals surface area (Å²) in [5, 5.41) is 2.71. The zero-order chi connectivity index (χ0) is 19.5. The Balaban J connectivity index is 1.32. The molecule has 0 aromatic heterocycles. The molecule has 144 valence electrons. The molecule has 3 amide bonds. The standard InChI is InChI=1S/C22H23N3O3/c26-20-6-3-12-25(20)19-9-7-17(8-10-19)22(28)23-14-21(27)24-13-11-16-4-1-2-5-18(16)15-24/h1-2,4-5,7-10H,3,6,11-15H2,(H,23,28). The van der Waals surface area contributed by atoms with Crippen molar-refractivity contribution in [3.63, 3.8) is 0 Å². The molecular formula is C22H23N3O3. The topological polar surface area (TPSA) is 69.7 Å². The molecule has 28 heavy (non-hydrogen) atoms. The lowest BCUT2D eigenvalue weighted by molar-refractivity contribution is -0.131. The fraction of sp³-hybridized carbons (Fsp3) is 0.318. The Morgan fingerprint density at radius 1 is 0.929 bits per heavy atom. The van der Waals surface area contributed by atoms with Gasteiger partial charge in [0.1, 0.15) is 0 Å². The van der Waals surface area contributed by atoms with Crippen LogP contribution in [0.5, 0.6) is 0 Å². The van der Waals surface area contributed by atoms with Crippen LogP contribution in [-0.4, -0.2) is 42.3 Å². The highest BCUT2D eigenvalue weighted by Crippen LogP contribution is 2.22. The third kappa shape index (κ3) is 3.76. The molecule has 1 fully saturated rings. The lowest BCUT2D eigenvalue weighted by Crippen LogP contribution is -2.42. The SMILES string of the molecule is O=C(NCC(=O)N1CCc2ccccc2C1)c1ccc(N2CCCC2=O)cc1. The summed E-state index contributed by atoms with van der Waals surface area (Å²) in [6.45, 7) is 1.96. The van der Waals surface area contributed by atoms with Crippen LogP contribution >= 0.6 is 0 Å². The van der Waals surface area contributed by atoms with Crippen LogP contribution in [0.15, 0.2) is 48.5 Å². The minimum atomic E-state index is -0.287. The zero-order valence-corrected chi connectivity index (χ0v) is 15.7. The summed E-state index contributed by atoms with van der Waals surface area (Å²) in [6, 6.07) is 15.1. The van der Waals surface area contributed by atoms with E-state index < -0.39 is 0 Å². The smallest absolute Gasteiger partial charge is 0.251 e. The number of nitrogens with one attached hydrogen (secondary N) is 1. The van der Waals surface area contributed by atoms with Crippen molar-refractivity contribution < 1.29 is 14.4 Å². The quantitative estimate of drug-likeness (QED) is 0.887. The average molecular weight is 377 g/mol. The lowest BCUT2D eigenvalue weighted by Gasteiger charge is -2.29. The van der Waals surface area contributed by atoms with Crippen LogP contribution in [0.25, 0.3) is 0 Å². The number of hydrogen-bond donors (Lipinski definition) is 1. The summed E-state index contributed by atoms with van der Waals surface area (Å²) < 4.78 is 0. The van der Waals surface area contributed by atoms with Gasteiger partial charge in [-0.3, -0.25) is 14.4 Å². The van der Waals surface area contributed by atoms with Gasteiger partial charge in [-0.15, -0.1) is 0 Å². The van der Waals surface area contributed by atoms with Gasteiger partial charge < -0.3 is 15.1 Å². The van der Waals surface area contributed by atoms with Crippen molar-refractivity contribution in [2.24, 2.45) is 0 Å². The van der Waals surface area contributed by atoms with Gasteiger partial charge in [0.25, 0.3) is 5.91 Å². The van der Waals surface area contributed by atoms with E-state index in [-0.39, 0.29) is 24.3 Å². The van der Waals surface area contributed by atoms with Crippen LogP contribution in [0.4, 0.5) is 5.69 Å². The largest absolute Gasteiger partial charge is 0.343 e. The number of benzene rings is 2. The van der Waals surface area contributed by atoms with Crippen LogP contribution in [0.3, 0.4) is 0 Å². The van der Waals surface area contributed by atoms with E-state index in [2.05, 4.69) is 11.4 Å². The maximum atomic E-state index is 12.5. The molecule has 0 radical (unpaired) electrons. The first-order valence-corrected chi connectivity index (χ1v) is 9.65. The number of anilines is 1. The summed E-state index contributed by atoms with van der Waals surface area (Å²) >= 11 is 0. The maximum absolute atomic E-state index is 12.5. The summed E-state index contributed by atoms with van der Waals surface area (Å²) in [6.07, 6.45) is 2.28. The number of nitrogens with zero attached hydrogens (tertiary/aromatic N) is 2. The first kappa shape index (κ1) is 18.2.